The van der Waals surface area contributed by atoms with Crippen molar-refractivity contribution in [1.29, 1.82) is 0 Å². The molecule has 0 aliphatic carbocycles. The summed E-state index contributed by atoms with van der Waals surface area (Å²) in [6.45, 7) is 1.86. The summed E-state index contributed by atoms with van der Waals surface area (Å²) in [6.07, 6.45) is 1.78. The van der Waals surface area contributed by atoms with Gasteiger partial charge in [-0.2, -0.15) is 5.10 Å². The topological polar surface area (TPSA) is 111 Å². The second-order valence-electron chi connectivity index (χ2n) is 8.37. The minimum Gasteiger partial charge on any atom is -0.469 e. The van der Waals surface area contributed by atoms with Gasteiger partial charge in [0, 0.05) is 48.2 Å². The van der Waals surface area contributed by atoms with E-state index in [1.807, 2.05) is 30.3 Å². The summed E-state index contributed by atoms with van der Waals surface area (Å²) in [7, 11) is 1.39. The zero-order valence-corrected chi connectivity index (χ0v) is 17.9. The number of fused-ring (bicyclic) bond motifs is 2. The van der Waals surface area contributed by atoms with Gasteiger partial charge in [-0.15, -0.1) is 0 Å². The Kier molecular flexibility index (Phi) is 5.16. The fourth-order valence-electron chi connectivity index (χ4n) is 4.64. The summed E-state index contributed by atoms with van der Waals surface area (Å²) >= 11 is 0. The largest absolute Gasteiger partial charge is 0.469 e. The quantitative estimate of drug-likeness (QED) is 0.612. The van der Waals surface area contributed by atoms with Gasteiger partial charge in [-0.05, 0) is 25.0 Å². The number of aromatic nitrogens is 3. The van der Waals surface area contributed by atoms with Gasteiger partial charge in [-0.1, -0.05) is 18.2 Å². The minimum atomic E-state index is -0.222. The van der Waals surface area contributed by atoms with Crippen molar-refractivity contribution >= 4 is 28.7 Å². The molecular weight excluding hydrogens is 410 g/mol. The standard InChI is InChI=1S/C23H25N5O4/c1-32-23(31)14-6-9-27(10-7-14)22(30)20-16-13-28(11-8-18(16)25-26-20)21(29)19-12-15-4-2-3-5-17(15)24-19/h2-5,12,14,24H,6-11,13H2,1H3,(H,25,26). The van der Waals surface area contributed by atoms with Crippen LogP contribution in [0.5, 0.6) is 0 Å². The zero-order valence-electron chi connectivity index (χ0n) is 17.9. The van der Waals surface area contributed by atoms with Crippen molar-refractivity contribution in [3.05, 3.63) is 53.0 Å². The Bertz CT molecular complexity index is 1160. The van der Waals surface area contributed by atoms with E-state index in [1.165, 1.54) is 7.11 Å². The molecule has 4 heterocycles. The second kappa shape index (κ2) is 8.14. The normalized spacial score (nSPS) is 16.8. The zero-order chi connectivity index (χ0) is 22.2. The van der Waals surface area contributed by atoms with E-state index < -0.39 is 0 Å². The molecule has 2 amide bonds. The SMILES string of the molecule is COC(=O)C1CCN(C(=O)c2n[nH]c3c2CN(C(=O)c2cc4ccccc4[nH]2)CC3)CC1. The first-order chi connectivity index (χ1) is 15.5. The highest BCUT2D eigenvalue weighted by molar-refractivity contribution is 5.98. The molecule has 32 heavy (non-hydrogen) atoms. The maximum Gasteiger partial charge on any atom is 0.308 e. The number of amides is 2. The number of benzene rings is 1. The Morgan fingerprint density at radius 3 is 2.59 bits per heavy atom. The van der Waals surface area contributed by atoms with Crippen molar-refractivity contribution in [2.24, 2.45) is 5.92 Å². The molecule has 2 aromatic heterocycles. The van der Waals surface area contributed by atoms with Crippen molar-refractivity contribution in [3.8, 4) is 0 Å². The monoisotopic (exact) mass is 435 g/mol. The molecule has 2 aliphatic heterocycles. The first-order valence-electron chi connectivity index (χ1n) is 10.9. The van der Waals surface area contributed by atoms with Gasteiger partial charge in [0.15, 0.2) is 5.69 Å². The number of likely N-dealkylation sites (tertiary alicyclic amines) is 1. The molecule has 2 aliphatic rings. The van der Waals surface area contributed by atoms with Crippen molar-refractivity contribution in [2.45, 2.75) is 25.8 Å². The van der Waals surface area contributed by atoms with Gasteiger partial charge in [-0.3, -0.25) is 19.5 Å². The molecule has 0 spiro atoms. The van der Waals surface area contributed by atoms with E-state index in [9.17, 15) is 14.4 Å². The number of carbonyl (C=O) groups is 3. The first-order valence-corrected chi connectivity index (χ1v) is 10.9. The van der Waals surface area contributed by atoms with Gasteiger partial charge in [-0.25, -0.2) is 0 Å². The van der Waals surface area contributed by atoms with Crippen molar-refractivity contribution in [2.75, 3.05) is 26.7 Å². The van der Waals surface area contributed by atoms with Crippen LogP contribution in [0.2, 0.25) is 0 Å². The number of ether oxygens (including phenoxy) is 1. The van der Waals surface area contributed by atoms with Crippen molar-refractivity contribution in [3.63, 3.8) is 0 Å². The number of nitrogens with one attached hydrogen (secondary N) is 2. The molecule has 0 saturated carbocycles. The fraction of sp³-hybridized carbons (Fsp3) is 0.391. The average molecular weight is 435 g/mol. The van der Waals surface area contributed by atoms with Gasteiger partial charge in [0.2, 0.25) is 0 Å². The molecule has 1 fully saturated rings. The highest BCUT2D eigenvalue weighted by Crippen LogP contribution is 2.26. The van der Waals surface area contributed by atoms with Crippen LogP contribution in [0, 0.1) is 5.92 Å². The summed E-state index contributed by atoms with van der Waals surface area (Å²) in [5.74, 6) is -0.641. The van der Waals surface area contributed by atoms with Crippen LogP contribution >= 0.6 is 0 Å². The number of carbonyl (C=O) groups excluding carboxylic acids is 3. The van der Waals surface area contributed by atoms with Crippen LogP contribution in [0.3, 0.4) is 0 Å². The molecule has 5 rings (SSSR count). The Morgan fingerprint density at radius 2 is 1.84 bits per heavy atom. The molecule has 9 nitrogen and oxygen atoms in total. The Hall–Kier alpha value is -3.62. The lowest BCUT2D eigenvalue weighted by Crippen LogP contribution is -2.41. The third-order valence-corrected chi connectivity index (χ3v) is 6.50. The maximum atomic E-state index is 13.2. The van der Waals surface area contributed by atoms with Crippen LogP contribution in [-0.2, 0) is 22.5 Å². The summed E-state index contributed by atoms with van der Waals surface area (Å²) in [6, 6.07) is 9.64. The lowest BCUT2D eigenvalue weighted by molar-refractivity contribution is -0.146. The third-order valence-electron chi connectivity index (χ3n) is 6.50. The number of aromatic amines is 2. The molecule has 0 radical (unpaired) electrons. The van der Waals surface area contributed by atoms with Crippen molar-refractivity contribution < 1.29 is 19.1 Å². The Balaban J connectivity index is 1.31. The number of hydrogen-bond acceptors (Lipinski definition) is 5. The predicted octanol–water partition coefficient (Wildman–Crippen LogP) is 2.11. The van der Waals surface area contributed by atoms with Crippen LogP contribution in [0.1, 0.15) is 45.1 Å². The Morgan fingerprint density at radius 1 is 1.06 bits per heavy atom. The predicted molar refractivity (Wildman–Crippen MR) is 116 cm³/mol. The number of piperidine rings is 1. The number of hydrogen-bond donors (Lipinski definition) is 2. The summed E-state index contributed by atoms with van der Waals surface area (Å²) < 4.78 is 4.82. The number of esters is 1. The number of rotatable bonds is 3. The molecule has 3 aromatic rings. The minimum absolute atomic E-state index is 0.0923. The first kappa shape index (κ1) is 20.3. The maximum absolute atomic E-state index is 13.2. The average Bonchev–Trinajstić information content (AvgIpc) is 3.46. The highest BCUT2D eigenvalue weighted by Gasteiger charge is 2.33. The fourth-order valence-corrected chi connectivity index (χ4v) is 4.64. The second-order valence-corrected chi connectivity index (χ2v) is 8.37. The lowest BCUT2D eigenvalue weighted by atomic mass is 9.96. The van der Waals surface area contributed by atoms with Crippen LogP contribution < -0.4 is 0 Å². The van der Waals surface area contributed by atoms with Crippen molar-refractivity contribution in [1.82, 2.24) is 25.0 Å². The lowest BCUT2D eigenvalue weighted by Gasteiger charge is -2.31. The molecule has 0 bridgehead atoms. The van der Waals surface area contributed by atoms with Gasteiger partial charge >= 0.3 is 5.97 Å². The smallest absolute Gasteiger partial charge is 0.308 e. The molecule has 2 N–H and O–H groups in total. The van der Waals surface area contributed by atoms with E-state index in [0.29, 0.717) is 56.8 Å². The Labute approximate surface area is 184 Å². The molecule has 0 atom stereocenters. The molecular formula is C23H25N5O4. The van der Waals surface area contributed by atoms with E-state index in [2.05, 4.69) is 15.2 Å². The van der Waals surface area contributed by atoms with Crippen LogP contribution in [0.4, 0.5) is 0 Å². The van der Waals surface area contributed by atoms with Gasteiger partial charge in [0.25, 0.3) is 11.8 Å². The molecule has 0 unspecified atom stereocenters. The molecule has 9 heteroatoms. The van der Waals surface area contributed by atoms with Gasteiger partial charge in [0.05, 0.1) is 19.6 Å². The van der Waals surface area contributed by atoms with Gasteiger partial charge < -0.3 is 19.5 Å². The summed E-state index contributed by atoms with van der Waals surface area (Å²) in [4.78, 5) is 44.7. The van der Waals surface area contributed by atoms with E-state index in [-0.39, 0.29) is 23.7 Å². The highest BCUT2D eigenvalue weighted by atomic mass is 16.5. The number of methoxy groups -OCH3 is 1. The van der Waals surface area contributed by atoms with Crippen LogP contribution in [-0.4, -0.2) is 69.5 Å². The number of nitrogens with zero attached hydrogens (tertiary/aromatic N) is 3. The van der Waals surface area contributed by atoms with E-state index in [4.69, 9.17) is 4.74 Å². The van der Waals surface area contributed by atoms with E-state index in [1.54, 1.807) is 9.80 Å². The third kappa shape index (κ3) is 3.53. The summed E-state index contributed by atoms with van der Waals surface area (Å²) in [5, 5.41) is 8.27. The molecule has 166 valence electrons. The van der Waals surface area contributed by atoms with E-state index >= 15 is 0 Å². The molecule has 1 saturated heterocycles. The van der Waals surface area contributed by atoms with Crippen LogP contribution in [0.25, 0.3) is 10.9 Å². The summed E-state index contributed by atoms with van der Waals surface area (Å²) in [5.41, 5.74) is 3.50. The van der Waals surface area contributed by atoms with Gasteiger partial charge in [0.1, 0.15) is 5.69 Å². The van der Waals surface area contributed by atoms with E-state index in [0.717, 1.165) is 22.2 Å². The number of H-pyrrole nitrogens is 2. The number of para-hydroxylation sites is 1. The molecule has 1 aromatic carbocycles. The van der Waals surface area contributed by atoms with Crippen LogP contribution in [0.15, 0.2) is 30.3 Å².